The van der Waals surface area contributed by atoms with Gasteiger partial charge in [0.05, 0.1) is 0 Å². The lowest BCUT2D eigenvalue weighted by molar-refractivity contribution is -0.131. The number of hydrogen-bond acceptors (Lipinski definition) is 3. The van der Waals surface area contributed by atoms with Gasteiger partial charge in [-0.05, 0) is 18.5 Å². The van der Waals surface area contributed by atoms with Crippen molar-refractivity contribution in [2.75, 3.05) is 26.7 Å². The lowest BCUT2D eigenvalue weighted by Crippen LogP contribution is -2.35. The van der Waals surface area contributed by atoms with E-state index in [9.17, 15) is 4.79 Å². The van der Waals surface area contributed by atoms with Crippen LogP contribution in [0, 0.1) is 0 Å². The zero-order chi connectivity index (χ0) is 13.2. The molecule has 1 amide bonds. The van der Waals surface area contributed by atoms with E-state index in [-0.39, 0.29) is 18.3 Å². The molecule has 0 aromatic heterocycles. The van der Waals surface area contributed by atoms with E-state index in [0.29, 0.717) is 6.54 Å². The molecule has 1 aromatic carbocycles. The van der Waals surface area contributed by atoms with Gasteiger partial charge in [0, 0.05) is 20.2 Å². The molecular formula is C14H23ClN2O2. The standard InChI is InChI=1S/C14H22N2O2.ClH/c1-3-9-15-10-11-16-14(17)13(18-2)12-7-5-4-6-8-12;/h4-8,13,15H,3,9-11H2,1-2H3,(H,16,17);1H. The number of carbonyl (C=O) groups excluding carboxylic acids is 1. The average molecular weight is 287 g/mol. The van der Waals surface area contributed by atoms with Crippen molar-refractivity contribution in [2.24, 2.45) is 0 Å². The van der Waals surface area contributed by atoms with Gasteiger partial charge >= 0.3 is 0 Å². The second kappa shape index (κ2) is 10.8. The molecule has 1 aromatic rings. The predicted molar refractivity (Wildman–Crippen MR) is 79.6 cm³/mol. The van der Waals surface area contributed by atoms with Gasteiger partial charge in [-0.15, -0.1) is 12.4 Å². The van der Waals surface area contributed by atoms with Crippen molar-refractivity contribution < 1.29 is 9.53 Å². The van der Waals surface area contributed by atoms with Gasteiger partial charge < -0.3 is 15.4 Å². The van der Waals surface area contributed by atoms with Gasteiger partial charge in [-0.2, -0.15) is 0 Å². The molecule has 4 nitrogen and oxygen atoms in total. The second-order valence-corrected chi connectivity index (χ2v) is 4.07. The van der Waals surface area contributed by atoms with Crippen LogP contribution in [-0.2, 0) is 9.53 Å². The molecule has 0 aliphatic rings. The molecule has 1 atom stereocenters. The Kier molecular flexibility index (Phi) is 10.2. The fourth-order valence-electron chi connectivity index (χ4n) is 1.69. The zero-order valence-corrected chi connectivity index (χ0v) is 12.3. The third-order valence-corrected chi connectivity index (χ3v) is 2.60. The first kappa shape index (κ1) is 17.9. The van der Waals surface area contributed by atoms with Crippen molar-refractivity contribution in [1.82, 2.24) is 10.6 Å². The molecule has 2 N–H and O–H groups in total. The van der Waals surface area contributed by atoms with Crippen molar-refractivity contribution in [3.63, 3.8) is 0 Å². The number of amides is 1. The maximum atomic E-state index is 11.9. The van der Waals surface area contributed by atoms with Crippen LogP contribution < -0.4 is 10.6 Å². The van der Waals surface area contributed by atoms with Gasteiger partial charge in [-0.1, -0.05) is 37.3 Å². The molecule has 108 valence electrons. The summed E-state index contributed by atoms with van der Waals surface area (Å²) < 4.78 is 5.24. The molecule has 0 saturated carbocycles. The molecule has 1 unspecified atom stereocenters. The minimum Gasteiger partial charge on any atom is -0.367 e. The number of hydrogen-bond donors (Lipinski definition) is 2. The van der Waals surface area contributed by atoms with E-state index in [2.05, 4.69) is 17.6 Å². The fourth-order valence-corrected chi connectivity index (χ4v) is 1.69. The van der Waals surface area contributed by atoms with Crippen molar-refractivity contribution in [3.05, 3.63) is 35.9 Å². The van der Waals surface area contributed by atoms with E-state index >= 15 is 0 Å². The van der Waals surface area contributed by atoms with E-state index in [1.165, 1.54) is 0 Å². The SMILES string of the molecule is CCCNCCNC(=O)C(OC)c1ccccc1.Cl. The van der Waals surface area contributed by atoms with E-state index < -0.39 is 6.10 Å². The number of carbonyl (C=O) groups is 1. The van der Waals surface area contributed by atoms with Crippen LogP contribution in [0.2, 0.25) is 0 Å². The quantitative estimate of drug-likeness (QED) is 0.718. The van der Waals surface area contributed by atoms with Crippen LogP contribution in [0.5, 0.6) is 0 Å². The first-order valence-electron chi connectivity index (χ1n) is 6.35. The number of benzene rings is 1. The summed E-state index contributed by atoms with van der Waals surface area (Å²) in [6, 6.07) is 9.50. The average Bonchev–Trinajstić information content (AvgIpc) is 2.40. The topological polar surface area (TPSA) is 50.4 Å². The number of methoxy groups -OCH3 is 1. The second-order valence-electron chi connectivity index (χ2n) is 4.07. The lowest BCUT2D eigenvalue weighted by Gasteiger charge is -2.15. The van der Waals surface area contributed by atoms with E-state index in [4.69, 9.17) is 4.74 Å². The highest BCUT2D eigenvalue weighted by Gasteiger charge is 2.18. The van der Waals surface area contributed by atoms with Crippen molar-refractivity contribution in [2.45, 2.75) is 19.4 Å². The smallest absolute Gasteiger partial charge is 0.253 e. The number of ether oxygens (including phenoxy) is 1. The van der Waals surface area contributed by atoms with Crippen molar-refractivity contribution >= 4 is 18.3 Å². The normalized spacial score (nSPS) is 11.5. The molecule has 0 bridgehead atoms. The Hall–Kier alpha value is -1.10. The Morgan fingerprint density at radius 2 is 1.89 bits per heavy atom. The van der Waals surface area contributed by atoms with Crippen molar-refractivity contribution in [1.29, 1.82) is 0 Å². The molecule has 0 fully saturated rings. The number of rotatable bonds is 8. The van der Waals surface area contributed by atoms with Crippen LogP contribution in [-0.4, -0.2) is 32.7 Å². The number of nitrogens with one attached hydrogen (secondary N) is 2. The lowest BCUT2D eigenvalue weighted by atomic mass is 10.1. The van der Waals surface area contributed by atoms with Crippen LogP contribution in [0.4, 0.5) is 0 Å². The third kappa shape index (κ3) is 6.57. The molecule has 0 radical (unpaired) electrons. The van der Waals surface area contributed by atoms with Crippen LogP contribution >= 0.6 is 12.4 Å². The maximum Gasteiger partial charge on any atom is 0.253 e. The maximum absolute atomic E-state index is 11.9. The van der Waals surface area contributed by atoms with Crippen LogP contribution in [0.1, 0.15) is 25.0 Å². The Morgan fingerprint density at radius 1 is 1.21 bits per heavy atom. The van der Waals surface area contributed by atoms with E-state index in [0.717, 1.165) is 25.1 Å². The summed E-state index contributed by atoms with van der Waals surface area (Å²) in [6.45, 7) is 4.49. The molecule has 0 aliphatic heterocycles. The Balaban J connectivity index is 0.00000324. The van der Waals surface area contributed by atoms with Gasteiger partial charge in [0.15, 0.2) is 6.10 Å². The third-order valence-electron chi connectivity index (χ3n) is 2.60. The minimum absolute atomic E-state index is 0. The molecule has 0 spiro atoms. The van der Waals surface area contributed by atoms with Crippen LogP contribution in [0.25, 0.3) is 0 Å². The Morgan fingerprint density at radius 3 is 2.47 bits per heavy atom. The molecule has 5 heteroatoms. The molecular weight excluding hydrogens is 264 g/mol. The highest BCUT2D eigenvalue weighted by Crippen LogP contribution is 2.15. The van der Waals surface area contributed by atoms with Crippen molar-refractivity contribution in [3.8, 4) is 0 Å². The van der Waals surface area contributed by atoms with Gasteiger partial charge in [-0.25, -0.2) is 0 Å². The monoisotopic (exact) mass is 286 g/mol. The molecule has 0 aliphatic carbocycles. The Labute approximate surface area is 121 Å². The van der Waals surface area contributed by atoms with Gasteiger partial charge in [-0.3, -0.25) is 4.79 Å². The predicted octanol–water partition coefficient (Wildman–Crippen LogP) is 1.91. The number of halogens is 1. The molecule has 1 rings (SSSR count). The fraction of sp³-hybridized carbons (Fsp3) is 0.500. The minimum atomic E-state index is -0.530. The van der Waals surface area contributed by atoms with Gasteiger partial charge in [0.1, 0.15) is 0 Å². The van der Waals surface area contributed by atoms with Gasteiger partial charge in [0.25, 0.3) is 5.91 Å². The molecule has 0 heterocycles. The first-order valence-corrected chi connectivity index (χ1v) is 6.35. The molecule has 0 saturated heterocycles. The summed E-state index contributed by atoms with van der Waals surface area (Å²) in [5.74, 6) is -0.0954. The van der Waals surface area contributed by atoms with Crippen LogP contribution in [0.3, 0.4) is 0 Å². The van der Waals surface area contributed by atoms with Gasteiger partial charge in [0.2, 0.25) is 0 Å². The summed E-state index contributed by atoms with van der Waals surface area (Å²) in [4.78, 5) is 11.9. The summed E-state index contributed by atoms with van der Waals surface area (Å²) in [5.41, 5.74) is 0.874. The summed E-state index contributed by atoms with van der Waals surface area (Å²) >= 11 is 0. The zero-order valence-electron chi connectivity index (χ0n) is 11.5. The van der Waals surface area contributed by atoms with E-state index in [1.54, 1.807) is 7.11 Å². The Bertz CT molecular complexity index is 347. The first-order chi connectivity index (χ1) is 8.79. The van der Waals surface area contributed by atoms with Crippen LogP contribution in [0.15, 0.2) is 30.3 Å². The molecule has 19 heavy (non-hydrogen) atoms. The summed E-state index contributed by atoms with van der Waals surface area (Å²) in [6.07, 6.45) is 0.566. The highest BCUT2D eigenvalue weighted by atomic mass is 35.5. The largest absolute Gasteiger partial charge is 0.367 e. The highest BCUT2D eigenvalue weighted by molar-refractivity contribution is 5.85. The summed E-state index contributed by atoms with van der Waals surface area (Å²) in [5, 5.41) is 6.10. The summed E-state index contributed by atoms with van der Waals surface area (Å²) in [7, 11) is 1.55. The van der Waals surface area contributed by atoms with E-state index in [1.807, 2.05) is 30.3 Å².